The second-order valence-electron chi connectivity index (χ2n) is 7.95. The zero-order chi connectivity index (χ0) is 21.8. The molecule has 0 spiro atoms. The summed E-state index contributed by atoms with van der Waals surface area (Å²) in [4.78, 5) is 9.25. The van der Waals surface area contributed by atoms with Gasteiger partial charge in [0.15, 0.2) is 0 Å². The van der Waals surface area contributed by atoms with E-state index >= 15 is 0 Å². The van der Waals surface area contributed by atoms with Crippen molar-refractivity contribution < 1.29 is 13.2 Å². The van der Waals surface area contributed by atoms with Crippen LogP contribution in [-0.4, -0.2) is 35.0 Å². The standard InChI is InChI=1S/C24H27N3O3S/c1-18-26-23-16-25-22-12-11-20(30-17-19-9-5-3-6-10-19)15-21(22)24(23)27(18)13-7-4-8-14-31(2,28)29/h3,5-6,9-12,15-16H,4,7-8,13-14,17H2,1-2H3. The lowest BCUT2D eigenvalue weighted by Gasteiger charge is -2.11. The maximum atomic E-state index is 11.3. The minimum atomic E-state index is -2.90. The monoisotopic (exact) mass is 437 g/mol. The predicted molar refractivity (Wildman–Crippen MR) is 124 cm³/mol. The van der Waals surface area contributed by atoms with Gasteiger partial charge in [-0.2, -0.15) is 0 Å². The third-order valence-electron chi connectivity index (χ3n) is 5.38. The number of ether oxygens (including phenoxy) is 1. The summed E-state index contributed by atoms with van der Waals surface area (Å²) in [5.74, 6) is 1.97. The quantitative estimate of drug-likeness (QED) is 0.355. The predicted octanol–water partition coefficient (Wildman–Crippen LogP) is 4.69. The second kappa shape index (κ2) is 9.06. The molecule has 0 amide bonds. The summed E-state index contributed by atoms with van der Waals surface area (Å²) in [6, 6.07) is 16.1. The lowest BCUT2D eigenvalue weighted by Crippen LogP contribution is -2.05. The lowest BCUT2D eigenvalue weighted by atomic mass is 10.1. The van der Waals surface area contributed by atoms with Crippen molar-refractivity contribution in [1.82, 2.24) is 14.5 Å². The molecule has 0 aliphatic heterocycles. The van der Waals surface area contributed by atoms with E-state index in [-0.39, 0.29) is 5.75 Å². The molecule has 0 N–H and O–H groups in total. The van der Waals surface area contributed by atoms with Crippen molar-refractivity contribution in [3.63, 3.8) is 0 Å². The Bertz CT molecular complexity index is 1300. The fourth-order valence-electron chi connectivity index (χ4n) is 3.82. The smallest absolute Gasteiger partial charge is 0.147 e. The number of unbranched alkanes of at least 4 members (excludes halogenated alkanes) is 2. The molecule has 2 aromatic carbocycles. The molecule has 0 saturated heterocycles. The maximum Gasteiger partial charge on any atom is 0.147 e. The van der Waals surface area contributed by atoms with Gasteiger partial charge in [-0.05, 0) is 43.5 Å². The first kappa shape index (κ1) is 21.3. The molecule has 162 valence electrons. The molecule has 0 fully saturated rings. The zero-order valence-corrected chi connectivity index (χ0v) is 18.7. The molecule has 0 saturated carbocycles. The van der Waals surface area contributed by atoms with Crippen LogP contribution in [0.5, 0.6) is 5.75 Å². The average molecular weight is 438 g/mol. The van der Waals surface area contributed by atoms with Gasteiger partial charge in [-0.3, -0.25) is 4.98 Å². The highest BCUT2D eigenvalue weighted by Gasteiger charge is 2.13. The zero-order valence-electron chi connectivity index (χ0n) is 17.9. The normalized spacial score (nSPS) is 11.9. The average Bonchev–Trinajstić information content (AvgIpc) is 3.07. The van der Waals surface area contributed by atoms with E-state index in [0.717, 1.165) is 58.5 Å². The van der Waals surface area contributed by atoms with E-state index in [4.69, 9.17) is 4.74 Å². The van der Waals surface area contributed by atoms with Gasteiger partial charge in [0.1, 0.15) is 33.5 Å². The first-order chi connectivity index (χ1) is 14.9. The molecule has 6 nitrogen and oxygen atoms in total. The number of hydrogen-bond acceptors (Lipinski definition) is 5. The number of imidazole rings is 1. The van der Waals surface area contributed by atoms with Crippen LogP contribution in [0.15, 0.2) is 54.7 Å². The minimum Gasteiger partial charge on any atom is -0.489 e. The number of aromatic nitrogens is 3. The third kappa shape index (κ3) is 5.22. The van der Waals surface area contributed by atoms with Crippen LogP contribution >= 0.6 is 0 Å². The highest BCUT2D eigenvalue weighted by Crippen LogP contribution is 2.28. The fraction of sp³-hybridized carbons (Fsp3) is 0.333. The Morgan fingerprint density at radius 1 is 1.00 bits per heavy atom. The van der Waals surface area contributed by atoms with Crippen molar-refractivity contribution in [3.05, 3.63) is 66.1 Å². The van der Waals surface area contributed by atoms with Gasteiger partial charge in [0.2, 0.25) is 0 Å². The van der Waals surface area contributed by atoms with Crippen LogP contribution in [-0.2, 0) is 23.0 Å². The second-order valence-corrected chi connectivity index (χ2v) is 10.2. The topological polar surface area (TPSA) is 74.1 Å². The molecule has 0 radical (unpaired) electrons. The Morgan fingerprint density at radius 2 is 1.81 bits per heavy atom. The lowest BCUT2D eigenvalue weighted by molar-refractivity contribution is 0.306. The number of fused-ring (bicyclic) bond motifs is 3. The summed E-state index contributed by atoms with van der Waals surface area (Å²) in [5, 5.41) is 1.01. The van der Waals surface area contributed by atoms with Gasteiger partial charge in [-0.1, -0.05) is 36.8 Å². The SMILES string of the molecule is Cc1nc2cnc3ccc(OCc4ccccc4)cc3c2n1CCCCCS(C)(=O)=O. The molecule has 2 heterocycles. The fourth-order valence-corrected chi connectivity index (χ4v) is 4.55. The summed E-state index contributed by atoms with van der Waals surface area (Å²) in [6.07, 6.45) is 5.55. The van der Waals surface area contributed by atoms with E-state index in [1.54, 1.807) is 0 Å². The van der Waals surface area contributed by atoms with Crippen LogP contribution < -0.4 is 4.74 Å². The molecule has 31 heavy (non-hydrogen) atoms. The maximum absolute atomic E-state index is 11.3. The largest absolute Gasteiger partial charge is 0.489 e. The number of rotatable bonds is 9. The van der Waals surface area contributed by atoms with Crippen LogP contribution in [0.3, 0.4) is 0 Å². The third-order valence-corrected chi connectivity index (χ3v) is 6.41. The minimum absolute atomic E-state index is 0.242. The molecule has 2 aromatic heterocycles. The van der Waals surface area contributed by atoms with Gasteiger partial charge in [-0.15, -0.1) is 0 Å². The summed E-state index contributed by atoms with van der Waals surface area (Å²) >= 11 is 0. The molecule has 0 unspecified atom stereocenters. The molecular weight excluding hydrogens is 410 g/mol. The Labute approximate surface area is 182 Å². The van der Waals surface area contributed by atoms with E-state index in [1.807, 2.05) is 61.7 Å². The molecule has 0 aliphatic carbocycles. The molecule has 0 bridgehead atoms. The van der Waals surface area contributed by atoms with Crippen molar-refractivity contribution in [2.45, 2.75) is 39.3 Å². The van der Waals surface area contributed by atoms with Crippen LogP contribution in [0.4, 0.5) is 0 Å². The van der Waals surface area contributed by atoms with Gasteiger partial charge in [0.25, 0.3) is 0 Å². The number of hydrogen-bond donors (Lipinski definition) is 0. The molecular formula is C24H27N3O3S. The van der Waals surface area contributed by atoms with Crippen molar-refractivity contribution in [1.29, 1.82) is 0 Å². The Balaban J connectivity index is 1.57. The molecule has 4 rings (SSSR count). The highest BCUT2D eigenvalue weighted by molar-refractivity contribution is 7.90. The van der Waals surface area contributed by atoms with E-state index in [1.165, 1.54) is 6.26 Å². The van der Waals surface area contributed by atoms with Crippen molar-refractivity contribution in [2.24, 2.45) is 0 Å². The Kier molecular flexibility index (Phi) is 6.23. The van der Waals surface area contributed by atoms with Crippen molar-refractivity contribution in [3.8, 4) is 5.75 Å². The van der Waals surface area contributed by atoms with E-state index in [0.29, 0.717) is 13.0 Å². The van der Waals surface area contributed by atoms with Gasteiger partial charge in [0, 0.05) is 23.9 Å². The van der Waals surface area contributed by atoms with E-state index in [2.05, 4.69) is 14.5 Å². The molecule has 0 aliphatic rings. The van der Waals surface area contributed by atoms with Crippen LogP contribution in [0, 0.1) is 6.92 Å². The number of sulfone groups is 1. The van der Waals surface area contributed by atoms with Crippen LogP contribution in [0.2, 0.25) is 0 Å². The van der Waals surface area contributed by atoms with Crippen molar-refractivity contribution >= 4 is 31.8 Å². The molecule has 4 aromatic rings. The summed E-state index contributed by atoms with van der Waals surface area (Å²) < 4.78 is 30.9. The van der Waals surface area contributed by atoms with Crippen LogP contribution in [0.25, 0.3) is 21.9 Å². The van der Waals surface area contributed by atoms with Gasteiger partial charge in [0.05, 0.1) is 17.2 Å². The highest BCUT2D eigenvalue weighted by atomic mass is 32.2. The van der Waals surface area contributed by atoms with Crippen molar-refractivity contribution in [2.75, 3.05) is 12.0 Å². The number of benzene rings is 2. The molecule has 0 atom stereocenters. The molecule has 7 heteroatoms. The summed E-state index contributed by atoms with van der Waals surface area (Å²) in [5.41, 5.74) is 3.93. The van der Waals surface area contributed by atoms with Gasteiger partial charge < -0.3 is 9.30 Å². The van der Waals surface area contributed by atoms with E-state index < -0.39 is 9.84 Å². The van der Waals surface area contributed by atoms with E-state index in [9.17, 15) is 8.42 Å². The van der Waals surface area contributed by atoms with Gasteiger partial charge in [-0.25, -0.2) is 13.4 Å². The van der Waals surface area contributed by atoms with Gasteiger partial charge >= 0.3 is 0 Å². The first-order valence-corrected chi connectivity index (χ1v) is 12.6. The Hall–Kier alpha value is -2.93. The number of nitrogens with zero attached hydrogens (tertiary/aromatic N) is 3. The number of pyridine rings is 1. The Morgan fingerprint density at radius 3 is 2.58 bits per heavy atom. The van der Waals surface area contributed by atoms with Crippen LogP contribution in [0.1, 0.15) is 30.7 Å². The number of aryl methyl sites for hydroxylation is 2. The summed E-state index contributed by atoms with van der Waals surface area (Å²) in [6.45, 7) is 3.30. The summed E-state index contributed by atoms with van der Waals surface area (Å²) in [7, 11) is -2.90. The first-order valence-electron chi connectivity index (χ1n) is 10.5.